The van der Waals surface area contributed by atoms with Crippen LogP contribution in [0.25, 0.3) is 10.9 Å². The van der Waals surface area contributed by atoms with Gasteiger partial charge in [-0.3, -0.25) is 9.99 Å². The largest absolute Gasteiger partial charge is 0.383 e. The number of nitrogens with one attached hydrogen (secondary N) is 4. The summed E-state index contributed by atoms with van der Waals surface area (Å²) in [6.07, 6.45) is 4.44. The fourth-order valence-corrected chi connectivity index (χ4v) is 4.42. The lowest BCUT2D eigenvalue weighted by Crippen LogP contribution is -2.46. The van der Waals surface area contributed by atoms with Crippen molar-refractivity contribution in [1.82, 2.24) is 21.0 Å². The summed E-state index contributed by atoms with van der Waals surface area (Å²) >= 11 is 0. The minimum absolute atomic E-state index is 0.0901. The molecule has 0 saturated heterocycles. The van der Waals surface area contributed by atoms with Crippen molar-refractivity contribution < 1.29 is 10.2 Å². The van der Waals surface area contributed by atoms with Crippen molar-refractivity contribution in [2.24, 2.45) is 5.41 Å². The second kappa shape index (κ2) is 10.0. The molecule has 0 amide bonds. The van der Waals surface area contributed by atoms with E-state index in [0.29, 0.717) is 58.5 Å². The molecule has 1 aliphatic carbocycles. The number of anilines is 2. The number of nitriles is 2. The molecular formula is C29H30F2N8. The Morgan fingerprint density at radius 3 is 2.51 bits per heavy atom. The number of halogens is 2. The van der Waals surface area contributed by atoms with E-state index in [2.05, 4.69) is 59.5 Å². The van der Waals surface area contributed by atoms with Gasteiger partial charge in [0, 0.05) is 30.0 Å². The standard InChI is InChI=1S/C29H30F2N8/c1-28(2,3)17-35-26-20(13-33)14-34-25-19(12-32)10-22(11-23(25)26)36-27(18-4-6-21(31)7-5-18)24-15-39(38-37-24)29(16-30)8-9-29/h4-7,10-11,14-15,27,36-38H,8-9,16-17H2,1-3H3,(H,34,35)/i27D. The van der Waals surface area contributed by atoms with Gasteiger partial charge in [-0.1, -0.05) is 32.9 Å². The molecule has 1 saturated carbocycles. The van der Waals surface area contributed by atoms with Gasteiger partial charge in [-0.15, -0.1) is 5.53 Å². The Kier molecular flexibility index (Phi) is 6.41. The number of aromatic nitrogens is 1. The van der Waals surface area contributed by atoms with Gasteiger partial charge < -0.3 is 16.1 Å². The molecular weight excluding hydrogens is 498 g/mol. The molecule has 2 aromatic carbocycles. The average Bonchev–Trinajstić information content (AvgIpc) is 3.57. The summed E-state index contributed by atoms with van der Waals surface area (Å²) in [6.45, 7) is 6.21. The zero-order valence-electron chi connectivity index (χ0n) is 23.0. The fraction of sp³-hybridized carbons (Fsp3) is 0.345. The van der Waals surface area contributed by atoms with E-state index in [9.17, 15) is 20.7 Å². The highest BCUT2D eigenvalue weighted by Crippen LogP contribution is 2.43. The van der Waals surface area contributed by atoms with Crippen LogP contribution in [-0.4, -0.2) is 28.8 Å². The van der Waals surface area contributed by atoms with E-state index in [4.69, 9.17) is 0 Å². The van der Waals surface area contributed by atoms with Crippen molar-refractivity contribution in [3.05, 3.63) is 77.0 Å². The molecule has 4 N–H and O–H groups in total. The molecule has 0 spiro atoms. The van der Waals surface area contributed by atoms with Crippen molar-refractivity contribution in [1.29, 1.82) is 10.5 Å². The molecule has 0 bridgehead atoms. The van der Waals surface area contributed by atoms with Gasteiger partial charge in [0.25, 0.3) is 0 Å². The lowest BCUT2D eigenvalue weighted by Gasteiger charge is -2.24. The lowest BCUT2D eigenvalue weighted by atomic mass is 9.96. The molecule has 39 heavy (non-hydrogen) atoms. The van der Waals surface area contributed by atoms with Crippen molar-refractivity contribution in [2.75, 3.05) is 23.9 Å². The first-order valence-electron chi connectivity index (χ1n) is 13.2. The minimum atomic E-state index is -1.69. The van der Waals surface area contributed by atoms with Crippen molar-refractivity contribution in [3.63, 3.8) is 0 Å². The van der Waals surface area contributed by atoms with Gasteiger partial charge in [0.2, 0.25) is 0 Å². The molecule has 2 aliphatic rings. The Morgan fingerprint density at radius 1 is 1.18 bits per heavy atom. The summed E-state index contributed by atoms with van der Waals surface area (Å²) in [4.78, 5) is 4.39. The normalized spacial score (nSPS) is 17.8. The van der Waals surface area contributed by atoms with Gasteiger partial charge in [0.15, 0.2) is 0 Å². The molecule has 2 heterocycles. The maximum atomic E-state index is 13.8. The molecule has 1 fully saturated rings. The van der Waals surface area contributed by atoms with E-state index in [1.54, 1.807) is 23.3 Å². The van der Waals surface area contributed by atoms with Gasteiger partial charge in [-0.2, -0.15) is 10.5 Å². The molecule has 1 atom stereocenters. The van der Waals surface area contributed by atoms with Gasteiger partial charge in [-0.05, 0) is 48.1 Å². The Bertz CT molecular complexity index is 1560. The quantitative estimate of drug-likeness (QED) is 0.307. The molecule has 0 radical (unpaired) electrons. The zero-order chi connectivity index (χ0) is 28.7. The highest BCUT2D eigenvalue weighted by Gasteiger charge is 2.49. The van der Waals surface area contributed by atoms with Gasteiger partial charge in [0.05, 0.1) is 41.0 Å². The summed E-state index contributed by atoms with van der Waals surface area (Å²) in [7, 11) is 0. The van der Waals surface area contributed by atoms with Crippen LogP contribution in [0.15, 0.2) is 54.5 Å². The maximum absolute atomic E-state index is 13.8. The van der Waals surface area contributed by atoms with E-state index in [-0.39, 0.29) is 11.0 Å². The number of hydrazine groups is 2. The monoisotopic (exact) mass is 529 g/mol. The smallest absolute Gasteiger partial charge is 0.123 e. The van der Waals surface area contributed by atoms with Crippen LogP contribution in [0.4, 0.5) is 20.2 Å². The van der Waals surface area contributed by atoms with Crippen LogP contribution in [0.1, 0.15) is 57.7 Å². The van der Waals surface area contributed by atoms with Gasteiger partial charge in [-0.25, -0.2) is 8.78 Å². The summed E-state index contributed by atoms with van der Waals surface area (Å²) in [6, 6.07) is 11.5. The third kappa shape index (κ3) is 5.29. The molecule has 5 rings (SSSR count). The number of fused-ring (bicyclic) bond motifs is 1. The van der Waals surface area contributed by atoms with Crippen LogP contribution < -0.4 is 21.6 Å². The number of nitrogens with zero attached hydrogens (tertiary/aromatic N) is 4. The fourth-order valence-electron chi connectivity index (χ4n) is 4.42. The molecule has 1 unspecified atom stereocenters. The van der Waals surface area contributed by atoms with E-state index >= 15 is 0 Å². The Hall–Kier alpha value is -4.41. The topological polar surface area (TPSA) is 112 Å². The zero-order valence-corrected chi connectivity index (χ0v) is 22.0. The molecule has 3 aromatic rings. The predicted molar refractivity (Wildman–Crippen MR) is 146 cm³/mol. The number of hydrogen-bond acceptors (Lipinski definition) is 8. The number of benzene rings is 2. The number of hydrogen-bond donors (Lipinski definition) is 4. The molecule has 1 aliphatic heterocycles. The average molecular weight is 530 g/mol. The summed E-state index contributed by atoms with van der Waals surface area (Å²) in [5.41, 5.74) is 7.91. The number of alkyl halides is 1. The van der Waals surface area contributed by atoms with Crippen LogP contribution in [0.5, 0.6) is 0 Å². The molecule has 200 valence electrons. The van der Waals surface area contributed by atoms with Gasteiger partial charge in [0.1, 0.15) is 24.6 Å². The van der Waals surface area contributed by atoms with E-state index in [0.717, 1.165) is 0 Å². The third-order valence-electron chi connectivity index (χ3n) is 6.84. The Balaban J connectivity index is 1.63. The first-order valence-corrected chi connectivity index (χ1v) is 12.7. The highest BCUT2D eigenvalue weighted by atomic mass is 19.1. The number of pyridine rings is 1. The highest BCUT2D eigenvalue weighted by molar-refractivity contribution is 5.99. The number of rotatable bonds is 8. The lowest BCUT2D eigenvalue weighted by molar-refractivity contribution is 0.146. The second-order valence-electron chi connectivity index (χ2n) is 11.1. The van der Waals surface area contributed by atoms with Crippen LogP contribution in [-0.2, 0) is 0 Å². The minimum Gasteiger partial charge on any atom is -0.383 e. The maximum Gasteiger partial charge on any atom is 0.123 e. The summed E-state index contributed by atoms with van der Waals surface area (Å²) in [5, 5.41) is 28.5. The van der Waals surface area contributed by atoms with E-state index < -0.39 is 24.0 Å². The summed E-state index contributed by atoms with van der Waals surface area (Å²) < 4.78 is 37.2. The predicted octanol–water partition coefficient (Wildman–Crippen LogP) is 5.40. The van der Waals surface area contributed by atoms with Crippen LogP contribution in [0, 0.1) is 33.9 Å². The SMILES string of the molecule is [2H]C(Nc1cc(C#N)c2ncc(C#N)c(NCC(C)(C)C)c2c1)(C1=CN(C2(CF)CC2)NN1)c1ccc(F)cc1. The molecule has 8 nitrogen and oxygen atoms in total. The van der Waals surface area contributed by atoms with Crippen LogP contribution >= 0.6 is 0 Å². The van der Waals surface area contributed by atoms with Crippen molar-refractivity contribution in [2.45, 2.75) is 45.2 Å². The second-order valence-corrected chi connectivity index (χ2v) is 11.1. The van der Waals surface area contributed by atoms with Crippen LogP contribution in [0.3, 0.4) is 0 Å². The van der Waals surface area contributed by atoms with Crippen molar-refractivity contribution >= 4 is 22.3 Å². The molecule has 10 heteroatoms. The first kappa shape index (κ1) is 24.9. The van der Waals surface area contributed by atoms with Gasteiger partial charge >= 0.3 is 0 Å². The van der Waals surface area contributed by atoms with E-state index in [1.165, 1.54) is 30.5 Å². The van der Waals surface area contributed by atoms with Crippen LogP contribution in [0.2, 0.25) is 0 Å². The van der Waals surface area contributed by atoms with Crippen molar-refractivity contribution in [3.8, 4) is 12.1 Å². The summed E-state index contributed by atoms with van der Waals surface area (Å²) in [5.74, 6) is -0.448. The van der Waals surface area contributed by atoms with E-state index in [1.807, 2.05) is 0 Å². The first-order chi connectivity index (χ1) is 19.0. The molecule has 1 aromatic heterocycles. The third-order valence-corrected chi connectivity index (χ3v) is 6.84. The Labute approximate surface area is 227 Å². The Morgan fingerprint density at radius 2 is 1.90 bits per heavy atom.